The summed E-state index contributed by atoms with van der Waals surface area (Å²) in [5.41, 5.74) is 1.00. The Morgan fingerprint density at radius 2 is 2.04 bits per heavy atom. The molecule has 3 rings (SSSR count). The lowest BCUT2D eigenvalue weighted by atomic mass is 10.0. The van der Waals surface area contributed by atoms with Gasteiger partial charge in [-0.2, -0.15) is 0 Å². The standard InChI is InChI=1S/C19H29FN2O2/c1-15(2)22-7-3-4-18(22)17-14-16(20)5-6-19(17)24-13-10-21-8-11-23-12-9-21/h5-6,14-15,18H,3-4,7-13H2,1-2H3. The van der Waals surface area contributed by atoms with Crippen LogP contribution in [0, 0.1) is 5.82 Å². The van der Waals surface area contributed by atoms with Crippen LogP contribution in [0.3, 0.4) is 0 Å². The summed E-state index contributed by atoms with van der Waals surface area (Å²) >= 11 is 0. The smallest absolute Gasteiger partial charge is 0.124 e. The molecule has 1 aromatic carbocycles. The largest absolute Gasteiger partial charge is 0.492 e. The van der Waals surface area contributed by atoms with Gasteiger partial charge in [0, 0.05) is 37.3 Å². The number of benzene rings is 1. The van der Waals surface area contributed by atoms with E-state index in [0.29, 0.717) is 12.6 Å². The molecule has 5 heteroatoms. The topological polar surface area (TPSA) is 24.9 Å². The van der Waals surface area contributed by atoms with Gasteiger partial charge in [-0.25, -0.2) is 4.39 Å². The Bertz CT molecular complexity index is 532. The molecule has 0 aromatic heterocycles. The van der Waals surface area contributed by atoms with Crippen molar-refractivity contribution in [2.24, 2.45) is 0 Å². The van der Waals surface area contributed by atoms with Crippen LogP contribution in [0.5, 0.6) is 5.75 Å². The fourth-order valence-electron chi connectivity index (χ4n) is 3.76. The van der Waals surface area contributed by atoms with Gasteiger partial charge >= 0.3 is 0 Å². The lowest BCUT2D eigenvalue weighted by Gasteiger charge is -2.30. The molecule has 2 saturated heterocycles. The zero-order chi connectivity index (χ0) is 16.9. The van der Waals surface area contributed by atoms with E-state index < -0.39 is 0 Å². The van der Waals surface area contributed by atoms with Crippen molar-refractivity contribution < 1.29 is 13.9 Å². The molecule has 4 nitrogen and oxygen atoms in total. The maximum absolute atomic E-state index is 13.8. The average Bonchev–Trinajstić information content (AvgIpc) is 3.07. The summed E-state index contributed by atoms with van der Waals surface area (Å²) in [4.78, 5) is 4.80. The molecular weight excluding hydrogens is 307 g/mol. The van der Waals surface area contributed by atoms with Crippen molar-refractivity contribution in [3.8, 4) is 5.75 Å². The molecule has 24 heavy (non-hydrogen) atoms. The van der Waals surface area contributed by atoms with Crippen LogP contribution in [-0.2, 0) is 4.74 Å². The first kappa shape index (κ1) is 17.6. The summed E-state index contributed by atoms with van der Waals surface area (Å²) in [6, 6.07) is 5.68. The van der Waals surface area contributed by atoms with Crippen LogP contribution < -0.4 is 4.74 Å². The molecule has 2 fully saturated rings. The molecule has 0 amide bonds. The molecule has 1 aromatic rings. The van der Waals surface area contributed by atoms with E-state index in [1.54, 1.807) is 12.1 Å². The minimum atomic E-state index is -0.180. The third kappa shape index (κ3) is 4.26. The van der Waals surface area contributed by atoms with Gasteiger partial charge in [-0.3, -0.25) is 9.80 Å². The molecule has 0 N–H and O–H groups in total. The maximum Gasteiger partial charge on any atom is 0.124 e. The Morgan fingerprint density at radius 1 is 1.25 bits per heavy atom. The SMILES string of the molecule is CC(C)N1CCCC1c1cc(F)ccc1OCCN1CCOCC1. The van der Waals surface area contributed by atoms with Crippen molar-refractivity contribution in [3.05, 3.63) is 29.6 Å². The van der Waals surface area contributed by atoms with Crippen molar-refractivity contribution in [2.75, 3.05) is 46.0 Å². The summed E-state index contributed by atoms with van der Waals surface area (Å²) in [6.07, 6.45) is 2.23. The van der Waals surface area contributed by atoms with Crippen LogP contribution in [0.1, 0.15) is 38.3 Å². The quantitative estimate of drug-likeness (QED) is 0.797. The van der Waals surface area contributed by atoms with Crippen LogP contribution in [0.4, 0.5) is 4.39 Å². The molecular formula is C19H29FN2O2. The summed E-state index contributed by atoms with van der Waals surface area (Å²) in [6.45, 7) is 10.5. The molecule has 2 heterocycles. The molecule has 134 valence electrons. The lowest BCUT2D eigenvalue weighted by molar-refractivity contribution is 0.0321. The van der Waals surface area contributed by atoms with Gasteiger partial charge in [0.2, 0.25) is 0 Å². The Labute approximate surface area is 144 Å². The Balaban J connectivity index is 1.66. The summed E-state index contributed by atoms with van der Waals surface area (Å²) in [5.74, 6) is 0.656. The highest BCUT2D eigenvalue weighted by molar-refractivity contribution is 5.37. The Morgan fingerprint density at radius 3 is 2.79 bits per heavy atom. The summed E-state index contributed by atoms with van der Waals surface area (Å²) < 4.78 is 25.3. The summed E-state index contributed by atoms with van der Waals surface area (Å²) in [7, 11) is 0. The van der Waals surface area contributed by atoms with Crippen molar-refractivity contribution >= 4 is 0 Å². The van der Waals surface area contributed by atoms with Gasteiger partial charge in [-0.15, -0.1) is 0 Å². The normalized spacial score (nSPS) is 23.1. The van der Waals surface area contributed by atoms with Crippen molar-refractivity contribution in [1.29, 1.82) is 0 Å². The molecule has 0 bridgehead atoms. The second-order valence-electron chi connectivity index (χ2n) is 6.97. The van der Waals surface area contributed by atoms with E-state index in [1.807, 2.05) is 0 Å². The highest BCUT2D eigenvalue weighted by atomic mass is 19.1. The highest BCUT2D eigenvalue weighted by Crippen LogP contribution is 2.38. The minimum Gasteiger partial charge on any atom is -0.492 e. The zero-order valence-corrected chi connectivity index (χ0v) is 14.8. The second kappa shape index (κ2) is 8.28. The van der Waals surface area contributed by atoms with Gasteiger partial charge in [0.05, 0.1) is 13.2 Å². The van der Waals surface area contributed by atoms with Crippen LogP contribution >= 0.6 is 0 Å². The van der Waals surface area contributed by atoms with Crippen LogP contribution in [0.2, 0.25) is 0 Å². The van der Waals surface area contributed by atoms with E-state index in [-0.39, 0.29) is 11.9 Å². The molecule has 1 unspecified atom stereocenters. The molecule has 0 radical (unpaired) electrons. The van der Waals surface area contributed by atoms with Crippen molar-refractivity contribution in [2.45, 2.75) is 38.8 Å². The van der Waals surface area contributed by atoms with E-state index in [4.69, 9.17) is 9.47 Å². The van der Waals surface area contributed by atoms with Gasteiger partial charge in [0.25, 0.3) is 0 Å². The van der Waals surface area contributed by atoms with E-state index in [1.165, 1.54) is 6.07 Å². The van der Waals surface area contributed by atoms with Crippen LogP contribution in [-0.4, -0.2) is 61.8 Å². The monoisotopic (exact) mass is 336 g/mol. The molecule has 0 saturated carbocycles. The fraction of sp³-hybridized carbons (Fsp3) is 0.684. The highest BCUT2D eigenvalue weighted by Gasteiger charge is 2.30. The van der Waals surface area contributed by atoms with Gasteiger partial charge < -0.3 is 9.47 Å². The van der Waals surface area contributed by atoms with Crippen LogP contribution in [0.25, 0.3) is 0 Å². The number of hydrogen-bond acceptors (Lipinski definition) is 4. The summed E-state index contributed by atoms with van der Waals surface area (Å²) in [5, 5.41) is 0. The van der Waals surface area contributed by atoms with E-state index in [2.05, 4.69) is 23.6 Å². The lowest BCUT2D eigenvalue weighted by Crippen LogP contribution is -2.38. The fourth-order valence-corrected chi connectivity index (χ4v) is 3.76. The van der Waals surface area contributed by atoms with E-state index in [9.17, 15) is 4.39 Å². The second-order valence-corrected chi connectivity index (χ2v) is 6.97. The maximum atomic E-state index is 13.8. The molecule has 0 aliphatic carbocycles. The third-order valence-electron chi connectivity index (χ3n) is 5.06. The zero-order valence-electron chi connectivity index (χ0n) is 14.8. The first-order valence-electron chi connectivity index (χ1n) is 9.13. The number of likely N-dealkylation sites (tertiary alicyclic amines) is 1. The minimum absolute atomic E-state index is 0.180. The molecule has 0 spiro atoms. The van der Waals surface area contributed by atoms with Gasteiger partial charge in [-0.1, -0.05) is 0 Å². The Hall–Kier alpha value is -1.17. The molecule has 2 aliphatic heterocycles. The van der Waals surface area contributed by atoms with E-state index >= 15 is 0 Å². The first-order valence-corrected chi connectivity index (χ1v) is 9.13. The molecule has 2 aliphatic rings. The predicted octanol–water partition coefficient (Wildman–Crippen LogP) is 3.08. The molecule has 1 atom stereocenters. The Kier molecular flexibility index (Phi) is 6.09. The van der Waals surface area contributed by atoms with Crippen LogP contribution in [0.15, 0.2) is 18.2 Å². The number of morpholine rings is 1. The number of rotatable bonds is 6. The van der Waals surface area contributed by atoms with Crippen molar-refractivity contribution in [1.82, 2.24) is 9.80 Å². The average molecular weight is 336 g/mol. The van der Waals surface area contributed by atoms with Gasteiger partial charge in [0.15, 0.2) is 0 Å². The van der Waals surface area contributed by atoms with Gasteiger partial charge in [-0.05, 0) is 51.4 Å². The number of nitrogens with zero attached hydrogens (tertiary/aromatic N) is 2. The number of hydrogen-bond donors (Lipinski definition) is 0. The number of halogens is 1. The van der Waals surface area contributed by atoms with E-state index in [0.717, 1.165) is 63.5 Å². The first-order chi connectivity index (χ1) is 11.6. The van der Waals surface area contributed by atoms with Crippen molar-refractivity contribution in [3.63, 3.8) is 0 Å². The predicted molar refractivity (Wildman–Crippen MR) is 93.0 cm³/mol. The van der Waals surface area contributed by atoms with Gasteiger partial charge in [0.1, 0.15) is 18.2 Å². The third-order valence-corrected chi connectivity index (χ3v) is 5.06. The number of ether oxygens (including phenoxy) is 2.